The lowest BCUT2D eigenvalue weighted by molar-refractivity contribution is -0.118. The van der Waals surface area contributed by atoms with Crippen LogP contribution < -0.4 is 19.5 Å². The van der Waals surface area contributed by atoms with E-state index in [9.17, 15) is 9.18 Å². The number of hydrogen-bond donors (Lipinski definition) is 1. The monoisotopic (exact) mass is 431 g/mol. The van der Waals surface area contributed by atoms with E-state index in [1.54, 1.807) is 19.1 Å². The van der Waals surface area contributed by atoms with Gasteiger partial charge in [0.15, 0.2) is 29.2 Å². The molecule has 156 valence electrons. The number of hydrogen-bond acceptors (Lipinski definition) is 8. The number of aromatic nitrogens is 2. The summed E-state index contributed by atoms with van der Waals surface area (Å²) < 4.78 is 35.3. The fourth-order valence-electron chi connectivity index (χ4n) is 2.65. The largest absolute Gasteiger partial charge is 0.478 e. The summed E-state index contributed by atoms with van der Waals surface area (Å²) in [4.78, 5) is 12.1. The number of rotatable bonds is 8. The minimum absolute atomic E-state index is 0.0975. The van der Waals surface area contributed by atoms with Gasteiger partial charge in [-0.05, 0) is 36.8 Å². The molecule has 1 aliphatic rings. The molecule has 8 nitrogen and oxygen atoms in total. The van der Waals surface area contributed by atoms with Gasteiger partial charge in [0.25, 0.3) is 11.1 Å². The lowest BCUT2D eigenvalue weighted by atomic mass is 10.2. The van der Waals surface area contributed by atoms with Gasteiger partial charge in [-0.15, -0.1) is 10.2 Å². The second-order valence-corrected chi connectivity index (χ2v) is 7.28. The van der Waals surface area contributed by atoms with E-state index in [4.69, 9.17) is 18.6 Å². The Morgan fingerprint density at radius 1 is 1.23 bits per heavy atom. The van der Waals surface area contributed by atoms with E-state index >= 15 is 0 Å². The maximum absolute atomic E-state index is 13.7. The molecule has 3 aromatic rings. The molecule has 0 fully saturated rings. The van der Waals surface area contributed by atoms with Gasteiger partial charge in [0.2, 0.25) is 12.7 Å². The van der Waals surface area contributed by atoms with E-state index in [1.165, 1.54) is 12.1 Å². The Morgan fingerprint density at radius 3 is 2.93 bits per heavy atom. The van der Waals surface area contributed by atoms with E-state index < -0.39 is 11.9 Å². The summed E-state index contributed by atoms with van der Waals surface area (Å²) in [6.45, 7) is 2.24. The number of benzene rings is 2. The zero-order valence-corrected chi connectivity index (χ0v) is 16.8. The summed E-state index contributed by atoms with van der Waals surface area (Å²) in [6, 6.07) is 11.6. The van der Waals surface area contributed by atoms with Crippen molar-refractivity contribution in [1.29, 1.82) is 0 Å². The van der Waals surface area contributed by atoms with Gasteiger partial charge in [0.1, 0.15) is 0 Å². The van der Waals surface area contributed by atoms with Crippen molar-refractivity contribution in [2.24, 2.45) is 0 Å². The molecule has 0 bridgehead atoms. The number of para-hydroxylation sites is 1. The summed E-state index contributed by atoms with van der Waals surface area (Å²) in [5.74, 6) is 1.10. The number of halogens is 1. The zero-order chi connectivity index (χ0) is 20.9. The highest BCUT2D eigenvalue weighted by Gasteiger charge is 2.18. The Morgan fingerprint density at radius 2 is 2.07 bits per heavy atom. The van der Waals surface area contributed by atoms with Crippen LogP contribution in [0.3, 0.4) is 0 Å². The highest BCUT2D eigenvalue weighted by molar-refractivity contribution is 7.99. The number of amides is 1. The number of carbonyl (C=O) groups is 1. The van der Waals surface area contributed by atoms with Crippen molar-refractivity contribution in [3.8, 4) is 17.2 Å². The van der Waals surface area contributed by atoms with Gasteiger partial charge in [-0.25, -0.2) is 4.39 Å². The first kappa shape index (κ1) is 20.0. The van der Waals surface area contributed by atoms with Crippen molar-refractivity contribution in [3.05, 3.63) is 59.7 Å². The highest BCUT2D eigenvalue weighted by Crippen LogP contribution is 2.32. The Kier molecular flexibility index (Phi) is 6.03. The molecule has 0 saturated heterocycles. The Hall–Kier alpha value is -3.27. The molecule has 0 radical (unpaired) electrons. The normalized spacial score (nSPS) is 13.1. The molecular weight excluding hydrogens is 413 g/mol. The molecule has 1 amide bonds. The molecule has 0 spiro atoms. The summed E-state index contributed by atoms with van der Waals surface area (Å²) in [6.07, 6.45) is -0.636. The van der Waals surface area contributed by atoms with Crippen LogP contribution in [0.2, 0.25) is 0 Å². The summed E-state index contributed by atoms with van der Waals surface area (Å²) in [5, 5.41) is 10.8. The smallest absolute Gasteiger partial charge is 0.277 e. The number of thioether (sulfide) groups is 1. The first-order valence-corrected chi connectivity index (χ1v) is 10.1. The Bertz CT molecular complexity index is 1040. The van der Waals surface area contributed by atoms with Crippen molar-refractivity contribution in [1.82, 2.24) is 15.5 Å². The van der Waals surface area contributed by atoms with Crippen molar-refractivity contribution in [2.75, 3.05) is 12.5 Å². The molecule has 4 rings (SSSR count). The number of carbonyl (C=O) groups excluding carboxylic acids is 1. The van der Waals surface area contributed by atoms with Crippen LogP contribution in [0.1, 0.15) is 24.5 Å². The lowest BCUT2D eigenvalue weighted by Gasteiger charge is -2.11. The van der Waals surface area contributed by atoms with Gasteiger partial charge in [0.05, 0.1) is 5.75 Å². The second-order valence-electron chi connectivity index (χ2n) is 6.35. The van der Waals surface area contributed by atoms with Gasteiger partial charge in [0, 0.05) is 6.54 Å². The average molecular weight is 431 g/mol. The Labute approximate surface area is 175 Å². The molecule has 30 heavy (non-hydrogen) atoms. The third kappa shape index (κ3) is 4.82. The predicted octanol–water partition coefficient (Wildman–Crippen LogP) is 3.49. The minimum atomic E-state index is -0.636. The standard InChI is InChI=1S/C20H18FN3O5S/c1-12(28-15-5-3-2-4-14(15)21)19-23-24-20(29-19)30-10-18(25)22-9-13-6-7-16-17(8-13)27-11-26-16/h2-8,12H,9-11H2,1H3,(H,22,25)/t12-/m0/s1. The lowest BCUT2D eigenvalue weighted by Crippen LogP contribution is -2.24. The van der Waals surface area contributed by atoms with Gasteiger partial charge in [-0.1, -0.05) is 30.0 Å². The van der Waals surface area contributed by atoms with Crippen LogP contribution in [0.25, 0.3) is 0 Å². The van der Waals surface area contributed by atoms with Crippen molar-refractivity contribution in [3.63, 3.8) is 0 Å². The summed E-state index contributed by atoms with van der Waals surface area (Å²) in [5.41, 5.74) is 0.900. The number of nitrogens with one attached hydrogen (secondary N) is 1. The molecule has 0 saturated carbocycles. The molecule has 0 unspecified atom stereocenters. The van der Waals surface area contributed by atoms with Crippen molar-refractivity contribution < 1.29 is 27.8 Å². The van der Waals surface area contributed by atoms with Crippen LogP contribution in [-0.2, 0) is 11.3 Å². The van der Waals surface area contributed by atoms with E-state index in [0.717, 1.165) is 17.3 Å². The molecule has 2 aromatic carbocycles. The van der Waals surface area contributed by atoms with E-state index in [2.05, 4.69) is 15.5 Å². The number of fused-ring (bicyclic) bond motifs is 1. The highest BCUT2D eigenvalue weighted by atomic mass is 32.2. The van der Waals surface area contributed by atoms with Crippen LogP contribution in [-0.4, -0.2) is 28.7 Å². The molecular formula is C20H18FN3O5S. The van der Waals surface area contributed by atoms with Crippen LogP contribution in [0, 0.1) is 5.82 Å². The predicted molar refractivity (Wildman–Crippen MR) is 105 cm³/mol. The molecule has 2 heterocycles. The quantitative estimate of drug-likeness (QED) is 0.542. The third-order valence-electron chi connectivity index (χ3n) is 4.16. The number of ether oxygens (including phenoxy) is 3. The van der Waals surface area contributed by atoms with E-state index in [-0.39, 0.29) is 35.3 Å². The molecule has 0 aliphatic carbocycles. The molecule has 1 N–H and O–H groups in total. The first-order chi connectivity index (χ1) is 14.6. The molecule has 1 aliphatic heterocycles. The Balaban J connectivity index is 1.24. The fourth-order valence-corrected chi connectivity index (χ4v) is 3.25. The summed E-state index contributed by atoms with van der Waals surface area (Å²) in [7, 11) is 0. The first-order valence-electron chi connectivity index (χ1n) is 9.11. The SMILES string of the molecule is C[C@H](Oc1ccccc1F)c1nnc(SCC(=O)NCc2ccc3c(c2)OCO3)o1. The number of nitrogens with zero attached hydrogens (tertiary/aromatic N) is 2. The van der Waals surface area contributed by atoms with Crippen LogP contribution in [0.4, 0.5) is 4.39 Å². The van der Waals surface area contributed by atoms with Gasteiger partial charge < -0.3 is 23.9 Å². The zero-order valence-electron chi connectivity index (χ0n) is 16.0. The van der Waals surface area contributed by atoms with Crippen molar-refractivity contribution in [2.45, 2.75) is 24.8 Å². The fraction of sp³-hybridized carbons (Fsp3) is 0.250. The van der Waals surface area contributed by atoms with Crippen LogP contribution in [0.15, 0.2) is 52.1 Å². The minimum Gasteiger partial charge on any atom is -0.478 e. The van der Waals surface area contributed by atoms with Crippen molar-refractivity contribution >= 4 is 17.7 Å². The van der Waals surface area contributed by atoms with Gasteiger partial charge in [-0.2, -0.15) is 0 Å². The third-order valence-corrected chi connectivity index (χ3v) is 4.98. The molecule has 10 heteroatoms. The second kappa shape index (κ2) is 9.04. The topological polar surface area (TPSA) is 95.7 Å². The summed E-state index contributed by atoms with van der Waals surface area (Å²) >= 11 is 1.10. The maximum Gasteiger partial charge on any atom is 0.277 e. The molecule has 1 atom stereocenters. The maximum atomic E-state index is 13.7. The van der Waals surface area contributed by atoms with E-state index in [1.807, 2.05) is 18.2 Å². The van der Waals surface area contributed by atoms with Gasteiger partial charge in [-0.3, -0.25) is 4.79 Å². The van der Waals surface area contributed by atoms with Crippen LogP contribution in [0.5, 0.6) is 17.2 Å². The van der Waals surface area contributed by atoms with Crippen LogP contribution >= 0.6 is 11.8 Å². The van der Waals surface area contributed by atoms with E-state index in [0.29, 0.717) is 18.0 Å². The van der Waals surface area contributed by atoms with Gasteiger partial charge >= 0.3 is 0 Å². The average Bonchev–Trinajstić information content (AvgIpc) is 3.41. The molecule has 1 aromatic heterocycles.